The molecule has 140 valence electrons. The van der Waals surface area contributed by atoms with Crippen molar-refractivity contribution < 1.29 is 9.90 Å². The van der Waals surface area contributed by atoms with Crippen LogP contribution in [0.2, 0.25) is 0 Å². The molecule has 1 aliphatic heterocycles. The van der Waals surface area contributed by atoms with E-state index < -0.39 is 6.10 Å². The SMILES string of the molecule is Cc1cc(C(=O)N[C@H]2C[C@H]3CNC[C@H]3C[C@@H]2O)sc1-c1ccccc1.Cl. The van der Waals surface area contributed by atoms with Gasteiger partial charge in [-0.1, -0.05) is 30.3 Å². The van der Waals surface area contributed by atoms with Gasteiger partial charge in [-0.05, 0) is 61.9 Å². The second-order valence-electron chi connectivity index (χ2n) is 7.29. The lowest BCUT2D eigenvalue weighted by molar-refractivity contribution is 0.0463. The molecule has 2 aliphatic rings. The fourth-order valence-corrected chi connectivity index (χ4v) is 5.24. The number of rotatable bonds is 3. The molecule has 1 saturated carbocycles. The minimum absolute atomic E-state index is 0. The molecule has 6 heteroatoms. The highest BCUT2D eigenvalue weighted by molar-refractivity contribution is 7.17. The second kappa shape index (κ2) is 8.09. The molecule has 2 fully saturated rings. The molecule has 1 aromatic heterocycles. The maximum absolute atomic E-state index is 12.7. The summed E-state index contributed by atoms with van der Waals surface area (Å²) in [7, 11) is 0. The quantitative estimate of drug-likeness (QED) is 0.751. The number of aliphatic hydroxyl groups is 1. The monoisotopic (exact) mass is 392 g/mol. The lowest BCUT2D eigenvalue weighted by atomic mass is 9.77. The zero-order chi connectivity index (χ0) is 17.4. The van der Waals surface area contributed by atoms with Crippen LogP contribution in [0.4, 0.5) is 0 Å². The van der Waals surface area contributed by atoms with E-state index in [0.29, 0.717) is 11.8 Å². The fraction of sp³-hybridized carbons (Fsp3) is 0.450. The molecule has 26 heavy (non-hydrogen) atoms. The largest absolute Gasteiger partial charge is 0.391 e. The van der Waals surface area contributed by atoms with E-state index in [9.17, 15) is 9.90 Å². The van der Waals surface area contributed by atoms with Crippen LogP contribution in [0, 0.1) is 18.8 Å². The average Bonchev–Trinajstić information content (AvgIpc) is 3.22. The number of benzene rings is 1. The van der Waals surface area contributed by atoms with Crippen molar-refractivity contribution in [2.24, 2.45) is 11.8 Å². The molecule has 2 heterocycles. The van der Waals surface area contributed by atoms with Crippen molar-refractivity contribution in [1.29, 1.82) is 0 Å². The maximum Gasteiger partial charge on any atom is 0.261 e. The van der Waals surface area contributed by atoms with Crippen molar-refractivity contribution in [2.75, 3.05) is 13.1 Å². The minimum atomic E-state index is -0.445. The number of nitrogens with one attached hydrogen (secondary N) is 2. The maximum atomic E-state index is 12.7. The van der Waals surface area contributed by atoms with Crippen LogP contribution in [0.3, 0.4) is 0 Å². The first-order chi connectivity index (χ1) is 12.1. The van der Waals surface area contributed by atoms with E-state index in [1.165, 1.54) is 11.3 Å². The summed E-state index contributed by atoms with van der Waals surface area (Å²) in [4.78, 5) is 14.6. The van der Waals surface area contributed by atoms with E-state index in [1.54, 1.807) is 0 Å². The molecule has 1 amide bonds. The Balaban J connectivity index is 0.00000196. The predicted molar refractivity (Wildman–Crippen MR) is 108 cm³/mol. The van der Waals surface area contributed by atoms with E-state index in [-0.39, 0.29) is 24.4 Å². The van der Waals surface area contributed by atoms with Gasteiger partial charge in [-0.15, -0.1) is 23.7 Å². The number of aliphatic hydroxyl groups excluding tert-OH is 1. The van der Waals surface area contributed by atoms with E-state index in [1.807, 2.05) is 31.2 Å². The van der Waals surface area contributed by atoms with Gasteiger partial charge in [-0.3, -0.25) is 4.79 Å². The summed E-state index contributed by atoms with van der Waals surface area (Å²) in [6, 6.07) is 12.0. The van der Waals surface area contributed by atoms with Gasteiger partial charge in [0.05, 0.1) is 17.0 Å². The fourth-order valence-electron chi connectivity index (χ4n) is 4.16. The van der Waals surface area contributed by atoms with Gasteiger partial charge in [0.1, 0.15) is 0 Å². The second-order valence-corrected chi connectivity index (χ2v) is 8.34. The number of thiophene rings is 1. The Morgan fingerprint density at radius 1 is 1.19 bits per heavy atom. The van der Waals surface area contributed by atoms with Gasteiger partial charge < -0.3 is 15.7 Å². The Labute approximate surface area is 164 Å². The van der Waals surface area contributed by atoms with Gasteiger partial charge in [-0.25, -0.2) is 0 Å². The van der Waals surface area contributed by atoms with Crippen molar-refractivity contribution in [2.45, 2.75) is 31.9 Å². The Bertz CT molecular complexity index is 764. The molecule has 0 spiro atoms. The molecular weight excluding hydrogens is 368 g/mol. The first kappa shape index (κ1) is 19.4. The van der Waals surface area contributed by atoms with E-state index in [4.69, 9.17) is 0 Å². The van der Waals surface area contributed by atoms with Gasteiger partial charge in [0.15, 0.2) is 0 Å². The Kier molecular flexibility index (Phi) is 6.03. The van der Waals surface area contributed by atoms with Gasteiger partial charge >= 0.3 is 0 Å². The molecular formula is C20H25ClN2O2S. The number of carbonyl (C=O) groups excluding carboxylic acids is 1. The van der Waals surface area contributed by atoms with Crippen LogP contribution in [0.5, 0.6) is 0 Å². The lowest BCUT2D eigenvalue weighted by Gasteiger charge is -2.35. The van der Waals surface area contributed by atoms with Gasteiger partial charge in [0.2, 0.25) is 0 Å². The Hall–Kier alpha value is -1.40. The summed E-state index contributed by atoms with van der Waals surface area (Å²) in [6.07, 6.45) is 1.20. The minimum Gasteiger partial charge on any atom is -0.391 e. The Morgan fingerprint density at radius 2 is 1.88 bits per heavy atom. The molecule has 0 bridgehead atoms. The summed E-state index contributed by atoms with van der Waals surface area (Å²) >= 11 is 1.52. The summed E-state index contributed by atoms with van der Waals surface area (Å²) in [5.74, 6) is 1.05. The van der Waals surface area contributed by atoms with Crippen molar-refractivity contribution in [3.63, 3.8) is 0 Å². The summed E-state index contributed by atoms with van der Waals surface area (Å²) in [5.41, 5.74) is 2.26. The van der Waals surface area contributed by atoms with Crippen LogP contribution in [0.15, 0.2) is 36.4 Å². The number of carbonyl (C=O) groups is 1. The van der Waals surface area contributed by atoms with Crippen LogP contribution < -0.4 is 10.6 Å². The molecule has 3 N–H and O–H groups in total. The predicted octanol–water partition coefficient (Wildman–Crippen LogP) is 3.23. The molecule has 1 saturated heterocycles. The number of hydrogen-bond donors (Lipinski definition) is 3. The smallest absolute Gasteiger partial charge is 0.261 e. The van der Waals surface area contributed by atoms with Gasteiger partial charge in [0.25, 0.3) is 5.91 Å². The molecule has 4 nitrogen and oxygen atoms in total. The topological polar surface area (TPSA) is 61.4 Å². The van der Waals surface area contributed by atoms with Gasteiger partial charge in [0, 0.05) is 4.88 Å². The zero-order valence-corrected chi connectivity index (χ0v) is 16.4. The first-order valence-electron chi connectivity index (χ1n) is 8.97. The van der Waals surface area contributed by atoms with Gasteiger partial charge in [-0.2, -0.15) is 0 Å². The van der Waals surface area contributed by atoms with Crippen molar-refractivity contribution >= 4 is 29.7 Å². The van der Waals surface area contributed by atoms with E-state index in [2.05, 4.69) is 22.8 Å². The number of hydrogen-bond acceptors (Lipinski definition) is 4. The molecule has 4 atom stereocenters. The standard InChI is InChI=1S/C20H24N2O2S.ClH/c1-12-7-18(25-19(12)13-5-3-2-4-6-13)20(24)22-16-8-14-10-21-11-15(14)9-17(16)23;/h2-7,14-17,21,23H,8-11H2,1H3,(H,22,24);1H/t14-,15+,16-,17-;/m0./s1. The average molecular weight is 393 g/mol. The van der Waals surface area contributed by atoms with Crippen molar-refractivity contribution in [3.05, 3.63) is 46.8 Å². The first-order valence-corrected chi connectivity index (χ1v) is 9.79. The summed E-state index contributed by atoms with van der Waals surface area (Å²) in [6.45, 7) is 4.03. The van der Waals surface area contributed by atoms with Crippen LogP contribution >= 0.6 is 23.7 Å². The third-order valence-corrected chi connectivity index (χ3v) is 6.82. The normalized spacial score (nSPS) is 27.5. The molecule has 0 radical (unpaired) electrons. The Morgan fingerprint density at radius 3 is 2.62 bits per heavy atom. The zero-order valence-electron chi connectivity index (χ0n) is 14.8. The highest BCUT2D eigenvalue weighted by atomic mass is 35.5. The van der Waals surface area contributed by atoms with Crippen LogP contribution in [0.1, 0.15) is 28.1 Å². The van der Waals surface area contributed by atoms with Crippen molar-refractivity contribution in [1.82, 2.24) is 10.6 Å². The van der Waals surface area contributed by atoms with E-state index >= 15 is 0 Å². The third kappa shape index (κ3) is 3.81. The lowest BCUT2D eigenvalue weighted by Crippen LogP contribution is -2.49. The highest BCUT2D eigenvalue weighted by Gasteiger charge is 2.39. The highest BCUT2D eigenvalue weighted by Crippen LogP contribution is 2.34. The van der Waals surface area contributed by atoms with Crippen LogP contribution in [-0.4, -0.2) is 36.2 Å². The molecule has 1 aliphatic carbocycles. The molecule has 1 aromatic carbocycles. The number of halogens is 1. The summed E-state index contributed by atoms with van der Waals surface area (Å²) < 4.78 is 0. The number of aryl methyl sites for hydroxylation is 1. The van der Waals surface area contributed by atoms with Crippen molar-refractivity contribution in [3.8, 4) is 10.4 Å². The van der Waals surface area contributed by atoms with Crippen LogP contribution in [0.25, 0.3) is 10.4 Å². The number of fused-ring (bicyclic) bond motifs is 1. The molecule has 4 rings (SSSR count). The molecule has 0 unspecified atom stereocenters. The van der Waals surface area contributed by atoms with Crippen LogP contribution in [-0.2, 0) is 0 Å². The molecule has 2 aromatic rings. The third-order valence-electron chi connectivity index (χ3n) is 5.54. The van der Waals surface area contributed by atoms with E-state index in [0.717, 1.165) is 46.8 Å². The number of amides is 1. The summed E-state index contributed by atoms with van der Waals surface area (Å²) in [5, 5.41) is 16.9.